The molecule has 3 aliphatic carbocycles. The van der Waals surface area contributed by atoms with Crippen LogP contribution in [0.15, 0.2) is 35.6 Å². The summed E-state index contributed by atoms with van der Waals surface area (Å²) in [5.41, 5.74) is 3.95. The van der Waals surface area contributed by atoms with Crippen molar-refractivity contribution in [2.75, 3.05) is 7.11 Å². The summed E-state index contributed by atoms with van der Waals surface area (Å²) in [6, 6.07) is 3.88. The summed E-state index contributed by atoms with van der Waals surface area (Å²) in [5.74, 6) is 2.94. The van der Waals surface area contributed by atoms with Gasteiger partial charge in [-0.05, 0) is 42.4 Å². The smallest absolute Gasteiger partial charge is 0.169 e. The highest BCUT2D eigenvalue weighted by molar-refractivity contribution is 5.68. The number of hydrogen-bond donors (Lipinski definition) is 1. The number of hydrogen-bond acceptors (Lipinski definition) is 3. The van der Waals surface area contributed by atoms with Crippen LogP contribution in [0.25, 0.3) is 0 Å². The lowest BCUT2D eigenvalue weighted by Crippen LogP contribution is -2.45. The summed E-state index contributed by atoms with van der Waals surface area (Å²) in [7, 11) is 1.70. The summed E-state index contributed by atoms with van der Waals surface area (Å²) < 4.78 is 11.8. The van der Waals surface area contributed by atoms with Crippen LogP contribution in [-0.4, -0.2) is 18.3 Å². The Morgan fingerprint density at radius 2 is 2.19 bits per heavy atom. The third-order valence-electron chi connectivity index (χ3n) is 5.91. The number of rotatable bonds is 1. The summed E-state index contributed by atoms with van der Waals surface area (Å²) in [5, 5.41) is 10.3. The summed E-state index contributed by atoms with van der Waals surface area (Å²) in [6.45, 7) is 2.31. The number of ether oxygens (including phenoxy) is 2. The molecule has 1 spiro atoms. The zero-order chi connectivity index (χ0) is 14.4. The first-order valence-electron chi connectivity index (χ1n) is 7.66. The second kappa shape index (κ2) is 3.46. The fourth-order valence-electron chi connectivity index (χ4n) is 5.23. The van der Waals surface area contributed by atoms with Crippen molar-refractivity contribution in [1.82, 2.24) is 0 Å². The van der Waals surface area contributed by atoms with Gasteiger partial charge in [-0.25, -0.2) is 0 Å². The van der Waals surface area contributed by atoms with Crippen molar-refractivity contribution >= 4 is 0 Å². The molecular formula is C18H18O3. The zero-order valence-corrected chi connectivity index (χ0v) is 12.2. The monoisotopic (exact) mass is 282 g/mol. The fourth-order valence-corrected chi connectivity index (χ4v) is 5.23. The van der Waals surface area contributed by atoms with Crippen molar-refractivity contribution in [2.24, 2.45) is 5.92 Å². The highest BCUT2D eigenvalue weighted by Crippen LogP contribution is 2.68. The molecule has 1 saturated carbocycles. The predicted octanol–water partition coefficient (Wildman–Crippen LogP) is 3.39. The lowest BCUT2D eigenvalue weighted by molar-refractivity contribution is 0.0991. The average Bonchev–Trinajstić information content (AvgIpc) is 2.93. The van der Waals surface area contributed by atoms with Crippen LogP contribution in [-0.2, 0) is 10.2 Å². The number of fused-ring (bicyclic) bond motifs is 2. The van der Waals surface area contributed by atoms with Gasteiger partial charge >= 0.3 is 0 Å². The Morgan fingerprint density at radius 1 is 1.33 bits per heavy atom. The molecule has 3 heteroatoms. The van der Waals surface area contributed by atoms with Gasteiger partial charge in [0.15, 0.2) is 17.6 Å². The van der Waals surface area contributed by atoms with E-state index in [1.807, 2.05) is 6.08 Å². The Kier molecular flexibility index (Phi) is 1.93. The lowest BCUT2D eigenvalue weighted by atomic mass is 9.61. The topological polar surface area (TPSA) is 38.7 Å². The van der Waals surface area contributed by atoms with Gasteiger partial charge in [0.05, 0.1) is 12.5 Å². The lowest BCUT2D eigenvalue weighted by Gasteiger charge is -2.43. The van der Waals surface area contributed by atoms with Gasteiger partial charge in [-0.2, -0.15) is 0 Å². The van der Waals surface area contributed by atoms with Crippen LogP contribution >= 0.6 is 0 Å². The Labute approximate surface area is 123 Å². The molecule has 1 aliphatic heterocycles. The Morgan fingerprint density at radius 3 is 3.00 bits per heavy atom. The second-order valence-electron chi connectivity index (χ2n) is 6.78. The number of allylic oxidation sites excluding steroid dienone is 2. The zero-order valence-electron chi connectivity index (χ0n) is 12.2. The maximum absolute atomic E-state index is 10.3. The molecule has 1 aromatic carbocycles. The second-order valence-corrected chi connectivity index (χ2v) is 6.78. The average molecular weight is 282 g/mol. The van der Waals surface area contributed by atoms with Gasteiger partial charge in [0.1, 0.15) is 5.76 Å². The molecule has 0 aromatic heterocycles. The van der Waals surface area contributed by atoms with Crippen LogP contribution in [0, 0.1) is 5.92 Å². The standard InChI is InChI=1S/C18H18O3/c1-9-7-10-8-18-12(9)4-6-14(20-2)17(18)21-16-13(19)5-3-11(10)15(16)18/h3-6,9-10,17,19H,7-8H2,1-2H3. The van der Waals surface area contributed by atoms with Crippen LogP contribution in [0.1, 0.15) is 36.8 Å². The molecule has 1 heterocycles. The Hall–Kier alpha value is -1.90. The molecule has 4 aliphatic rings. The van der Waals surface area contributed by atoms with Gasteiger partial charge < -0.3 is 14.6 Å². The van der Waals surface area contributed by atoms with Crippen LogP contribution in [0.2, 0.25) is 0 Å². The van der Waals surface area contributed by atoms with E-state index >= 15 is 0 Å². The first-order valence-corrected chi connectivity index (χ1v) is 7.66. The minimum Gasteiger partial charge on any atom is -0.504 e. The van der Waals surface area contributed by atoms with E-state index in [2.05, 4.69) is 19.1 Å². The van der Waals surface area contributed by atoms with Crippen molar-refractivity contribution in [3.05, 3.63) is 46.7 Å². The van der Waals surface area contributed by atoms with E-state index < -0.39 is 0 Å². The molecule has 108 valence electrons. The van der Waals surface area contributed by atoms with Crippen LogP contribution < -0.4 is 4.74 Å². The van der Waals surface area contributed by atoms with Crippen molar-refractivity contribution in [3.8, 4) is 11.5 Å². The highest BCUT2D eigenvalue weighted by atomic mass is 16.5. The first-order chi connectivity index (χ1) is 10.2. The molecule has 4 unspecified atom stereocenters. The summed E-state index contributed by atoms with van der Waals surface area (Å²) >= 11 is 0. The molecule has 1 fully saturated rings. The number of aromatic hydroxyl groups is 1. The van der Waals surface area contributed by atoms with Crippen molar-refractivity contribution in [2.45, 2.75) is 37.2 Å². The normalized spacial score (nSPS) is 37.5. The maximum atomic E-state index is 10.3. The molecule has 3 nitrogen and oxygen atoms in total. The molecule has 1 N–H and O–H groups in total. The minimum atomic E-state index is -0.114. The molecule has 0 saturated heterocycles. The molecule has 0 amide bonds. The van der Waals surface area contributed by atoms with E-state index in [9.17, 15) is 5.11 Å². The molecule has 21 heavy (non-hydrogen) atoms. The van der Waals surface area contributed by atoms with Gasteiger partial charge in [0.2, 0.25) is 0 Å². The number of phenols is 1. The van der Waals surface area contributed by atoms with E-state index in [1.54, 1.807) is 13.2 Å². The molecule has 1 aromatic rings. The van der Waals surface area contributed by atoms with Crippen LogP contribution in [0.5, 0.6) is 11.5 Å². The van der Waals surface area contributed by atoms with Gasteiger partial charge in [-0.15, -0.1) is 0 Å². The van der Waals surface area contributed by atoms with E-state index in [1.165, 1.54) is 23.1 Å². The van der Waals surface area contributed by atoms with Gasteiger partial charge in [0, 0.05) is 5.56 Å². The van der Waals surface area contributed by atoms with Crippen molar-refractivity contribution in [3.63, 3.8) is 0 Å². The van der Waals surface area contributed by atoms with Crippen molar-refractivity contribution < 1.29 is 14.6 Å². The van der Waals surface area contributed by atoms with Gasteiger partial charge in [-0.3, -0.25) is 0 Å². The first kappa shape index (κ1) is 11.7. The molecular weight excluding hydrogens is 264 g/mol. The number of phenolic OH excluding ortho intramolecular Hbond substituents is 1. The molecule has 4 atom stereocenters. The van der Waals surface area contributed by atoms with E-state index in [4.69, 9.17) is 9.47 Å². The number of methoxy groups -OCH3 is 1. The van der Waals surface area contributed by atoms with Gasteiger partial charge in [0.25, 0.3) is 0 Å². The van der Waals surface area contributed by atoms with Crippen LogP contribution in [0.4, 0.5) is 0 Å². The predicted molar refractivity (Wildman–Crippen MR) is 78.5 cm³/mol. The number of benzene rings is 1. The molecule has 5 rings (SSSR count). The van der Waals surface area contributed by atoms with E-state index in [0.29, 0.717) is 17.6 Å². The summed E-state index contributed by atoms with van der Waals surface area (Å²) in [6.07, 6.45) is 6.43. The maximum Gasteiger partial charge on any atom is 0.169 e. The SMILES string of the molecule is COC1=CC=C2C(C)CC3CC24c2c3ccc(O)c2OC14. The molecule has 2 bridgehead atoms. The third kappa shape index (κ3) is 1.11. The van der Waals surface area contributed by atoms with E-state index in [-0.39, 0.29) is 17.3 Å². The molecule has 0 radical (unpaired) electrons. The van der Waals surface area contributed by atoms with Crippen LogP contribution in [0.3, 0.4) is 0 Å². The van der Waals surface area contributed by atoms with Gasteiger partial charge in [-0.1, -0.05) is 24.6 Å². The largest absolute Gasteiger partial charge is 0.504 e. The van der Waals surface area contributed by atoms with Crippen molar-refractivity contribution in [1.29, 1.82) is 0 Å². The summed E-state index contributed by atoms with van der Waals surface area (Å²) in [4.78, 5) is 0. The minimum absolute atomic E-state index is 0.105. The highest BCUT2D eigenvalue weighted by Gasteiger charge is 2.64. The third-order valence-corrected chi connectivity index (χ3v) is 5.91. The van der Waals surface area contributed by atoms with E-state index in [0.717, 1.165) is 12.2 Å². The quantitative estimate of drug-likeness (QED) is 0.858. The fraction of sp³-hybridized carbons (Fsp3) is 0.444. The Balaban J connectivity index is 1.87. The Bertz CT molecular complexity index is 730.